The second-order valence-corrected chi connectivity index (χ2v) is 7.54. The van der Waals surface area contributed by atoms with E-state index in [1.807, 2.05) is 0 Å². The summed E-state index contributed by atoms with van der Waals surface area (Å²) in [6.45, 7) is 5.54. The zero-order valence-corrected chi connectivity index (χ0v) is 14.4. The monoisotopic (exact) mass is 323 g/mol. The number of piperidine rings is 1. The average molecular weight is 323 g/mol. The van der Waals surface area contributed by atoms with E-state index in [0.29, 0.717) is 13.0 Å². The molecule has 2 N–H and O–H groups in total. The fourth-order valence-corrected chi connectivity index (χ4v) is 4.49. The summed E-state index contributed by atoms with van der Waals surface area (Å²) in [5.41, 5.74) is 0.227. The summed E-state index contributed by atoms with van der Waals surface area (Å²) in [6, 6.07) is 0.182. The molecule has 1 saturated carbocycles. The summed E-state index contributed by atoms with van der Waals surface area (Å²) in [4.78, 5) is 15.0. The third kappa shape index (κ3) is 4.68. The van der Waals surface area contributed by atoms with E-state index in [0.717, 1.165) is 19.7 Å². The van der Waals surface area contributed by atoms with E-state index in [-0.39, 0.29) is 17.5 Å². The lowest BCUT2D eigenvalue weighted by atomic mass is 9.79. The molecular weight excluding hydrogens is 290 g/mol. The van der Waals surface area contributed by atoms with E-state index in [1.54, 1.807) is 0 Å². The molecule has 0 aromatic carbocycles. The van der Waals surface area contributed by atoms with Gasteiger partial charge >= 0.3 is 0 Å². The second kappa shape index (κ2) is 8.45. The Morgan fingerprint density at radius 3 is 2.57 bits per heavy atom. The third-order valence-corrected chi connectivity index (χ3v) is 5.86. The highest BCUT2D eigenvalue weighted by atomic mass is 16.5. The first kappa shape index (κ1) is 17.2. The summed E-state index contributed by atoms with van der Waals surface area (Å²) < 4.78 is 5.44. The number of morpholine rings is 1. The molecule has 132 valence electrons. The van der Waals surface area contributed by atoms with Crippen molar-refractivity contribution < 1.29 is 9.53 Å². The molecule has 5 nitrogen and oxygen atoms in total. The summed E-state index contributed by atoms with van der Waals surface area (Å²) >= 11 is 0. The van der Waals surface area contributed by atoms with Crippen LogP contribution < -0.4 is 10.6 Å². The number of carbonyl (C=O) groups is 1. The van der Waals surface area contributed by atoms with Gasteiger partial charge in [-0.3, -0.25) is 9.69 Å². The number of hydrogen-bond donors (Lipinski definition) is 2. The van der Waals surface area contributed by atoms with Crippen molar-refractivity contribution in [2.75, 3.05) is 39.4 Å². The standard InChI is InChI=1S/C18H33N3O2/c22-17(13-16-14-23-12-9-19-16)20-15-18(7-3-1-4-8-18)21-10-5-2-6-11-21/h16,19H,1-15H2,(H,20,22). The Kier molecular flexibility index (Phi) is 6.31. The van der Waals surface area contributed by atoms with Gasteiger partial charge in [-0.05, 0) is 38.8 Å². The summed E-state index contributed by atoms with van der Waals surface area (Å²) in [5, 5.41) is 6.63. The van der Waals surface area contributed by atoms with Crippen LogP contribution in [0.5, 0.6) is 0 Å². The van der Waals surface area contributed by atoms with Gasteiger partial charge < -0.3 is 15.4 Å². The topological polar surface area (TPSA) is 53.6 Å². The van der Waals surface area contributed by atoms with Gasteiger partial charge in [0, 0.05) is 31.1 Å². The Morgan fingerprint density at radius 1 is 1.13 bits per heavy atom. The maximum Gasteiger partial charge on any atom is 0.221 e. The smallest absolute Gasteiger partial charge is 0.221 e. The lowest BCUT2D eigenvalue weighted by Gasteiger charge is -2.48. The Morgan fingerprint density at radius 2 is 1.87 bits per heavy atom. The molecule has 5 heteroatoms. The molecule has 3 fully saturated rings. The van der Waals surface area contributed by atoms with Crippen molar-refractivity contribution in [1.82, 2.24) is 15.5 Å². The Bertz CT molecular complexity index is 370. The van der Waals surface area contributed by atoms with E-state index in [9.17, 15) is 4.79 Å². The fourth-order valence-electron chi connectivity index (χ4n) is 4.49. The number of carbonyl (C=O) groups excluding carboxylic acids is 1. The number of nitrogens with zero attached hydrogens (tertiary/aromatic N) is 1. The highest BCUT2D eigenvalue weighted by molar-refractivity contribution is 5.76. The van der Waals surface area contributed by atoms with E-state index < -0.39 is 0 Å². The summed E-state index contributed by atoms with van der Waals surface area (Å²) in [5.74, 6) is 0.176. The van der Waals surface area contributed by atoms with Crippen LogP contribution in [0.25, 0.3) is 0 Å². The van der Waals surface area contributed by atoms with Crippen molar-refractivity contribution >= 4 is 5.91 Å². The van der Waals surface area contributed by atoms with Crippen LogP contribution in [-0.2, 0) is 9.53 Å². The van der Waals surface area contributed by atoms with Crippen LogP contribution in [0.15, 0.2) is 0 Å². The number of likely N-dealkylation sites (tertiary alicyclic amines) is 1. The highest BCUT2D eigenvalue weighted by Gasteiger charge is 2.38. The molecule has 0 bridgehead atoms. The van der Waals surface area contributed by atoms with Crippen molar-refractivity contribution in [3.8, 4) is 0 Å². The Balaban J connectivity index is 1.52. The molecule has 0 radical (unpaired) electrons. The van der Waals surface area contributed by atoms with Crippen molar-refractivity contribution in [1.29, 1.82) is 0 Å². The molecule has 1 aliphatic carbocycles. The van der Waals surface area contributed by atoms with Crippen LogP contribution in [0.4, 0.5) is 0 Å². The molecule has 1 amide bonds. The summed E-state index contributed by atoms with van der Waals surface area (Å²) in [6.07, 6.45) is 11.0. The zero-order valence-electron chi connectivity index (χ0n) is 14.4. The minimum atomic E-state index is 0.176. The minimum absolute atomic E-state index is 0.176. The first-order valence-corrected chi connectivity index (χ1v) is 9.61. The number of rotatable bonds is 5. The van der Waals surface area contributed by atoms with Crippen molar-refractivity contribution in [3.05, 3.63) is 0 Å². The van der Waals surface area contributed by atoms with Gasteiger partial charge in [0.05, 0.1) is 13.2 Å². The van der Waals surface area contributed by atoms with E-state index in [4.69, 9.17) is 4.74 Å². The van der Waals surface area contributed by atoms with Crippen LogP contribution in [-0.4, -0.2) is 61.8 Å². The SMILES string of the molecule is O=C(CC1COCCN1)NCC1(N2CCCCC2)CCCCC1. The molecule has 1 unspecified atom stereocenters. The van der Waals surface area contributed by atoms with Crippen LogP contribution in [0.3, 0.4) is 0 Å². The van der Waals surface area contributed by atoms with Crippen molar-refractivity contribution in [3.63, 3.8) is 0 Å². The van der Waals surface area contributed by atoms with Crippen LogP contribution in [0.1, 0.15) is 57.8 Å². The van der Waals surface area contributed by atoms with Gasteiger partial charge in [-0.15, -0.1) is 0 Å². The van der Waals surface area contributed by atoms with Gasteiger partial charge in [-0.1, -0.05) is 25.7 Å². The lowest BCUT2D eigenvalue weighted by molar-refractivity contribution is -0.123. The Labute approximate surface area is 140 Å². The van der Waals surface area contributed by atoms with Gasteiger partial charge in [0.15, 0.2) is 0 Å². The second-order valence-electron chi connectivity index (χ2n) is 7.54. The maximum absolute atomic E-state index is 12.4. The maximum atomic E-state index is 12.4. The van der Waals surface area contributed by atoms with Crippen LogP contribution in [0.2, 0.25) is 0 Å². The molecule has 3 aliphatic rings. The highest BCUT2D eigenvalue weighted by Crippen LogP contribution is 2.35. The number of amides is 1. The normalized spacial score (nSPS) is 29.1. The van der Waals surface area contributed by atoms with Gasteiger partial charge in [-0.25, -0.2) is 0 Å². The number of ether oxygens (including phenoxy) is 1. The van der Waals surface area contributed by atoms with E-state index in [2.05, 4.69) is 15.5 Å². The molecule has 1 atom stereocenters. The molecule has 23 heavy (non-hydrogen) atoms. The molecule has 0 aromatic heterocycles. The van der Waals surface area contributed by atoms with Crippen LogP contribution in [0, 0.1) is 0 Å². The zero-order chi connectivity index (χ0) is 16.0. The van der Waals surface area contributed by atoms with Gasteiger partial charge in [0.2, 0.25) is 5.91 Å². The minimum Gasteiger partial charge on any atom is -0.378 e. The number of hydrogen-bond acceptors (Lipinski definition) is 4. The molecule has 0 spiro atoms. The third-order valence-electron chi connectivity index (χ3n) is 5.86. The van der Waals surface area contributed by atoms with Crippen LogP contribution >= 0.6 is 0 Å². The fraction of sp³-hybridized carbons (Fsp3) is 0.944. The molecule has 2 aliphatic heterocycles. The first-order valence-electron chi connectivity index (χ1n) is 9.61. The summed E-state index contributed by atoms with van der Waals surface area (Å²) in [7, 11) is 0. The quantitative estimate of drug-likeness (QED) is 0.808. The lowest BCUT2D eigenvalue weighted by Crippen LogP contribution is -2.58. The molecule has 2 heterocycles. The van der Waals surface area contributed by atoms with Crippen molar-refractivity contribution in [2.24, 2.45) is 0 Å². The molecule has 0 aromatic rings. The van der Waals surface area contributed by atoms with Gasteiger partial charge in [0.1, 0.15) is 0 Å². The molecule has 3 rings (SSSR count). The number of nitrogens with one attached hydrogen (secondary N) is 2. The van der Waals surface area contributed by atoms with Gasteiger partial charge in [0.25, 0.3) is 0 Å². The molecular formula is C18H33N3O2. The predicted molar refractivity (Wildman–Crippen MR) is 91.5 cm³/mol. The first-order chi connectivity index (χ1) is 11.3. The molecule has 2 saturated heterocycles. The largest absolute Gasteiger partial charge is 0.378 e. The van der Waals surface area contributed by atoms with Gasteiger partial charge in [-0.2, -0.15) is 0 Å². The Hall–Kier alpha value is -0.650. The van der Waals surface area contributed by atoms with E-state index >= 15 is 0 Å². The van der Waals surface area contributed by atoms with E-state index in [1.165, 1.54) is 64.5 Å². The average Bonchev–Trinajstić information content (AvgIpc) is 2.62. The predicted octanol–water partition coefficient (Wildman–Crippen LogP) is 1.67. The van der Waals surface area contributed by atoms with Crippen molar-refractivity contribution in [2.45, 2.75) is 69.4 Å².